The molecule has 20 heavy (non-hydrogen) atoms. The zero-order valence-electron chi connectivity index (χ0n) is 11.5. The fourth-order valence-corrected chi connectivity index (χ4v) is 2.40. The Balaban J connectivity index is 2.69. The number of hydrogen-bond acceptors (Lipinski definition) is 2. The standard InChI is InChI=1S/C14H16Cl2N2O2/c1-7(2)8(3)14-17-11-4-9(15)10(16)5-12(11)18(14)6-13(19)20/h4-5,7-8H,6H2,1-3H3,(H,19,20). The third-order valence-electron chi connectivity index (χ3n) is 3.52. The highest BCUT2D eigenvalue weighted by atomic mass is 35.5. The Bertz CT molecular complexity index is 665. The van der Waals surface area contributed by atoms with Crippen molar-refractivity contribution in [3.8, 4) is 0 Å². The summed E-state index contributed by atoms with van der Waals surface area (Å²) in [6.07, 6.45) is 0. The minimum Gasteiger partial charge on any atom is -0.480 e. The summed E-state index contributed by atoms with van der Waals surface area (Å²) in [5, 5.41) is 9.92. The van der Waals surface area contributed by atoms with E-state index in [0.717, 1.165) is 5.82 Å². The normalized spacial score (nSPS) is 13.1. The summed E-state index contributed by atoms with van der Waals surface area (Å²) in [6, 6.07) is 3.35. The molecule has 1 aromatic carbocycles. The average Bonchev–Trinajstić information content (AvgIpc) is 2.67. The maximum atomic E-state index is 11.1. The SMILES string of the molecule is CC(C)C(C)c1nc2cc(Cl)c(Cl)cc2n1CC(=O)O. The second-order valence-corrected chi connectivity index (χ2v) is 6.05. The first-order chi connectivity index (χ1) is 9.31. The van der Waals surface area contributed by atoms with Gasteiger partial charge in [0.05, 0.1) is 21.1 Å². The van der Waals surface area contributed by atoms with Crippen LogP contribution in [-0.2, 0) is 11.3 Å². The topological polar surface area (TPSA) is 55.1 Å². The number of hydrogen-bond donors (Lipinski definition) is 1. The summed E-state index contributed by atoms with van der Waals surface area (Å²) in [4.78, 5) is 15.6. The van der Waals surface area contributed by atoms with E-state index >= 15 is 0 Å². The number of rotatable bonds is 4. The third kappa shape index (κ3) is 2.76. The van der Waals surface area contributed by atoms with Crippen molar-refractivity contribution < 1.29 is 9.90 Å². The lowest BCUT2D eigenvalue weighted by Crippen LogP contribution is -2.16. The Morgan fingerprint density at radius 3 is 2.45 bits per heavy atom. The Morgan fingerprint density at radius 1 is 1.30 bits per heavy atom. The van der Waals surface area contributed by atoms with Gasteiger partial charge in [-0.05, 0) is 18.1 Å². The Hall–Kier alpha value is -1.26. The number of halogens is 2. The lowest BCUT2D eigenvalue weighted by molar-refractivity contribution is -0.137. The van der Waals surface area contributed by atoms with Crippen LogP contribution in [0.4, 0.5) is 0 Å². The van der Waals surface area contributed by atoms with Gasteiger partial charge in [-0.2, -0.15) is 0 Å². The summed E-state index contributed by atoms with van der Waals surface area (Å²) < 4.78 is 1.70. The van der Waals surface area contributed by atoms with E-state index < -0.39 is 5.97 Å². The van der Waals surface area contributed by atoms with Crippen molar-refractivity contribution >= 4 is 40.2 Å². The van der Waals surface area contributed by atoms with Gasteiger partial charge in [-0.3, -0.25) is 4.79 Å². The van der Waals surface area contributed by atoms with Crippen LogP contribution in [-0.4, -0.2) is 20.6 Å². The van der Waals surface area contributed by atoms with Crippen molar-refractivity contribution in [1.29, 1.82) is 0 Å². The number of nitrogens with zero attached hydrogens (tertiary/aromatic N) is 2. The molecule has 0 radical (unpaired) electrons. The number of carboxylic acids is 1. The molecule has 0 aliphatic rings. The van der Waals surface area contributed by atoms with E-state index in [1.807, 2.05) is 6.92 Å². The van der Waals surface area contributed by atoms with Gasteiger partial charge >= 0.3 is 5.97 Å². The number of carbonyl (C=O) groups is 1. The quantitative estimate of drug-likeness (QED) is 0.920. The summed E-state index contributed by atoms with van der Waals surface area (Å²) in [6.45, 7) is 6.05. The van der Waals surface area contributed by atoms with Crippen LogP contribution in [0, 0.1) is 5.92 Å². The monoisotopic (exact) mass is 314 g/mol. The molecule has 2 aromatic rings. The number of aromatic nitrogens is 2. The van der Waals surface area contributed by atoms with E-state index in [9.17, 15) is 4.79 Å². The van der Waals surface area contributed by atoms with Crippen LogP contribution in [0.15, 0.2) is 12.1 Å². The minimum absolute atomic E-state index is 0.138. The lowest BCUT2D eigenvalue weighted by Gasteiger charge is -2.16. The molecule has 4 nitrogen and oxygen atoms in total. The van der Waals surface area contributed by atoms with E-state index in [1.54, 1.807) is 16.7 Å². The van der Waals surface area contributed by atoms with Crippen LogP contribution >= 0.6 is 23.2 Å². The van der Waals surface area contributed by atoms with E-state index in [4.69, 9.17) is 28.3 Å². The van der Waals surface area contributed by atoms with Crippen molar-refractivity contribution in [3.05, 3.63) is 28.0 Å². The molecule has 108 valence electrons. The van der Waals surface area contributed by atoms with Crippen LogP contribution in [0.5, 0.6) is 0 Å². The van der Waals surface area contributed by atoms with Gasteiger partial charge in [0.15, 0.2) is 0 Å². The molecule has 1 aromatic heterocycles. The van der Waals surface area contributed by atoms with Crippen LogP contribution in [0.3, 0.4) is 0 Å². The molecule has 1 heterocycles. The third-order valence-corrected chi connectivity index (χ3v) is 4.24. The maximum absolute atomic E-state index is 11.1. The molecule has 1 unspecified atom stereocenters. The summed E-state index contributed by atoms with van der Waals surface area (Å²) >= 11 is 12.0. The highest BCUT2D eigenvalue weighted by Gasteiger charge is 2.21. The molecule has 1 atom stereocenters. The molecule has 0 spiro atoms. The van der Waals surface area contributed by atoms with Gasteiger partial charge in [-0.15, -0.1) is 0 Å². The van der Waals surface area contributed by atoms with Crippen molar-refractivity contribution in [1.82, 2.24) is 9.55 Å². The number of imidazole rings is 1. The van der Waals surface area contributed by atoms with Crippen LogP contribution in [0.25, 0.3) is 11.0 Å². The predicted molar refractivity (Wildman–Crippen MR) is 80.6 cm³/mol. The zero-order chi connectivity index (χ0) is 15.0. The molecule has 0 saturated heterocycles. The molecule has 2 rings (SSSR count). The van der Waals surface area contributed by atoms with Gasteiger partial charge in [0, 0.05) is 5.92 Å². The zero-order valence-corrected chi connectivity index (χ0v) is 13.0. The molecule has 0 aliphatic heterocycles. The second-order valence-electron chi connectivity index (χ2n) is 5.24. The molecule has 0 bridgehead atoms. The minimum atomic E-state index is -0.910. The van der Waals surface area contributed by atoms with Gasteiger partial charge < -0.3 is 9.67 Å². The molecular formula is C14H16Cl2N2O2. The predicted octanol–water partition coefficient (Wildman–Crippen LogP) is 4.19. The molecule has 6 heteroatoms. The smallest absolute Gasteiger partial charge is 0.323 e. The van der Waals surface area contributed by atoms with E-state index in [-0.39, 0.29) is 12.5 Å². The largest absolute Gasteiger partial charge is 0.480 e. The van der Waals surface area contributed by atoms with E-state index in [1.165, 1.54) is 0 Å². The van der Waals surface area contributed by atoms with Crippen molar-refractivity contribution in [3.63, 3.8) is 0 Å². The van der Waals surface area contributed by atoms with Gasteiger partial charge in [-0.1, -0.05) is 44.0 Å². The van der Waals surface area contributed by atoms with E-state index in [0.29, 0.717) is 27.0 Å². The Labute approximate surface area is 127 Å². The first kappa shape index (κ1) is 15.1. The number of carboxylic acid groups (broad SMARTS) is 1. The highest BCUT2D eigenvalue weighted by molar-refractivity contribution is 6.42. The van der Waals surface area contributed by atoms with E-state index in [2.05, 4.69) is 18.8 Å². The second kappa shape index (κ2) is 5.62. The van der Waals surface area contributed by atoms with Crippen LogP contribution < -0.4 is 0 Å². The molecule has 0 aliphatic carbocycles. The summed E-state index contributed by atoms with van der Waals surface area (Å²) in [5.74, 6) is 0.327. The Morgan fingerprint density at radius 2 is 1.90 bits per heavy atom. The van der Waals surface area contributed by atoms with Crippen LogP contribution in [0.2, 0.25) is 10.0 Å². The summed E-state index contributed by atoms with van der Waals surface area (Å²) in [7, 11) is 0. The van der Waals surface area contributed by atoms with Crippen molar-refractivity contribution in [2.45, 2.75) is 33.2 Å². The molecular weight excluding hydrogens is 299 g/mol. The maximum Gasteiger partial charge on any atom is 0.323 e. The molecule has 0 saturated carbocycles. The molecule has 0 amide bonds. The number of benzene rings is 1. The van der Waals surface area contributed by atoms with Gasteiger partial charge in [0.1, 0.15) is 12.4 Å². The van der Waals surface area contributed by atoms with Crippen molar-refractivity contribution in [2.75, 3.05) is 0 Å². The number of fused-ring (bicyclic) bond motifs is 1. The summed E-state index contributed by atoms with van der Waals surface area (Å²) in [5.41, 5.74) is 1.37. The number of aliphatic carboxylic acids is 1. The van der Waals surface area contributed by atoms with Crippen LogP contribution in [0.1, 0.15) is 32.5 Å². The fraction of sp³-hybridized carbons (Fsp3) is 0.429. The lowest BCUT2D eigenvalue weighted by atomic mass is 9.97. The highest BCUT2D eigenvalue weighted by Crippen LogP contribution is 2.32. The molecule has 0 fully saturated rings. The fourth-order valence-electron chi connectivity index (χ4n) is 2.09. The van der Waals surface area contributed by atoms with Crippen molar-refractivity contribution in [2.24, 2.45) is 5.92 Å². The Kier molecular flexibility index (Phi) is 4.25. The van der Waals surface area contributed by atoms with Gasteiger partial charge in [-0.25, -0.2) is 4.98 Å². The van der Waals surface area contributed by atoms with Gasteiger partial charge in [0.25, 0.3) is 0 Å². The average molecular weight is 315 g/mol. The first-order valence-corrected chi connectivity index (χ1v) is 7.13. The van der Waals surface area contributed by atoms with Gasteiger partial charge in [0.2, 0.25) is 0 Å². The first-order valence-electron chi connectivity index (χ1n) is 6.38. The molecule has 1 N–H and O–H groups in total.